The van der Waals surface area contributed by atoms with Crippen LogP contribution in [0.25, 0.3) is 0 Å². The maximum absolute atomic E-state index is 8.83. The zero-order chi connectivity index (χ0) is 9.12. The zero-order valence-electron chi connectivity index (χ0n) is 6.15. The summed E-state index contributed by atoms with van der Waals surface area (Å²) in [7, 11) is 0. The van der Waals surface area contributed by atoms with E-state index in [1.54, 1.807) is 0 Å². The highest BCUT2D eigenvalue weighted by atomic mass is 35.5. The van der Waals surface area contributed by atoms with Gasteiger partial charge in [0, 0.05) is 0 Å². The van der Waals surface area contributed by atoms with Crippen molar-refractivity contribution in [2.45, 2.75) is 35.8 Å². The predicted molar refractivity (Wildman–Crippen MR) is 47.0 cm³/mol. The maximum Gasteiger partial charge on any atom is 0.277 e. The molecule has 0 atom stereocenters. The van der Waals surface area contributed by atoms with Gasteiger partial charge in [0.15, 0.2) is 4.33 Å². The Morgan fingerprint density at radius 3 is 1.91 bits per heavy atom. The summed E-state index contributed by atoms with van der Waals surface area (Å²) in [5.74, 6) is 0. The zero-order valence-corrected chi connectivity index (χ0v) is 8.42. The lowest BCUT2D eigenvalue weighted by Gasteiger charge is -2.27. The minimum absolute atomic E-state index is 0.253. The lowest BCUT2D eigenvalue weighted by molar-refractivity contribution is -0.0974. The monoisotopic (exact) mass is 220 g/mol. The van der Waals surface area contributed by atoms with E-state index in [2.05, 4.69) is 0 Å². The second-order valence-corrected chi connectivity index (χ2v) is 4.41. The fourth-order valence-corrected chi connectivity index (χ4v) is 0.920. The van der Waals surface area contributed by atoms with Gasteiger partial charge >= 0.3 is 0 Å². The van der Waals surface area contributed by atoms with Crippen molar-refractivity contribution in [2.24, 2.45) is 0 Å². The lowest BCUT2D eigenvalue weighted by atomic mass is 10.2. The largest absolute Gasteiger partial charge is 0.351 e. The molecule has 0 radical (unpaired) electrons. The molecular formula is C6H11Cl3O2. The number of aliphatic hydroxyl groups is 2. The van der Waals surface area contributed by atoms with Gasteiger partial charge < -0.3 is 10.2 Å². The van der Waals surface area contributed by atoms with Crippen LogP contribution in [0, 0.1) is 0 Å². The van der Waals surface area contributed by atoms with Crippen LogP contribution in [0.4, 0.5) is 0 Å². The standard InChI is InChI=1S/C6H11Cl3O2/c1-2-3-4-5(7,8)6(9,10)11/h10-11H,2-4H2,1H3. The third-order valence-electron chi connectivity index (χ3n) is 1.31. The first-order chi connectivity index (χ1) is 4.81. The molecule has 0 aliphatic heterocycles. The minimum atomic E-state index is -2.55. The van der Waals surface area contributed by atoms with Gasteiger partial charge in [-0.05, 0) is 6.42 Å². The van der Waals surface area contributed by atoms with E-state index in [0.29, 0.717) is 6.42 Å². The number of hydrogen-bond acceptors (Lipinski definition) is 2. The van der Waals surface area contributed by atoms with Crippen molar-refractivity contribution in [3.8, 4) is 0 Å². The molecule has 0 aromatic rings. The number of alkyl halides is 3. The molecule has 0 amide bonds. The molecule has 2 nitrogen and oxygen atoms in total. The molecule has 68 valence electrons. The Balaban J connectivity index is 4.00. The molecule has 11 heavy (non-hydrogen) atoms. The number of hydrogen-bond donors (Lipinski definition) is 2. The average molecular weight is 222 g/mol. The molecule has 0 bridgehead atoms. The molecule has 0 aromatic heterocycles. The van der Waals surface area contributed by atoms with E-state index in [1.807, 2.05) is 6.92 Å². The van der Waals surface area contributed by atoms with Gasteiger partial charge in [-0.15, -0.1) is 0 Å². The Labute approximate surface area is 81.1 Å². The maximum atomic E-state index is 8.83. The van der Waals surface area contributed by atoms with Crippen molar-refractivity contribution in [1.82, 2.24) is 0 Å². The number of halogens is 3. The molecule has 0 rings (SSSR count). The molecule has 0 aliphatic carbocycles. The number of rotatable bonds is 4. The van der Waals surface area contributed by atoms with Crippen molar-refractivity contribution in [2.75, 3.05) is 0 Å². The minimum Gasteiger partial charge on any atom is -0.351 e. The van der Waals surface area contributed by atoms with Crippen molar-refractivity contribution >= 4 is 34.8 Å². The van der Waals surface area contributed by atoms with Crippen LogP contribution in [0.15, 0.2) is 0 Å². The van der Waals surface area contributed by atoms with Crippen LogP contribution in [0.3, 0.4) is 0 Å². The first-order valence-electron chi connectivity index (χ1n) is 3.32. The van der Waals surface area contributed by atoms with Gasteiger partial charge in [0.2, 0.25) is 0 Å². The van der Waals surface area contributed by atoms with Crippen LogP contribution < -0.4 is 0 Å². The van der Waals surface area contributed by atoms with Crippen molar-refractivity contribution in [3.63, 3.8) is 0 Å². The van der Waals surface area contributed by atoms with Gasteiger partial charge in [-0.3, -0.25) is 0 Å². The quantitative estimate of drug-likeness (QED) is 0.565. The highest BCUT2D eigenvalue weighted by Gasteiger charge is 2.45. The summed E-state index contributed by atoms with van der Waals surface area (Å²) < 4.78 is -1.69. The summed E-state index contributed by atoms with van der Waals surface area (Å²) in [6.45, 7) is 1.94. The van der Waals surface area contributed by atoms with Gasteiger partial charge in [-0.2, -0.15) is 0 Å². The van der Waals surface area contributed by atoms with Crippen LogP contribution >= 0.6 is 34.8 Å². The van der Waals surface area contributed by atoms with E-state index in [9.17, 15) is 0 Å². The van der Waals surface area contributed by atoms with E-state index in [1.165, 1.54) is 0 Å². The average Bonchev–Trinajstić information content (AvgIpc) is 1.81. The molecule has 0 fully saturated rings. The van der Waals surface area contributed by atoms with Crippen LogP contribution in [-0.4, -0.2) is 19.8 Å². The van der Waals surface area contributed by atoms with Gasteiger partial charge in [-0.1, -0.05) is 54.6 Å². The Bertz CT molecular complexity index is 119. The fourth-order valence-electron chi connectivity index (χ4n) is 0.558. The molecule has 0 heterocycles. The molecule has 0 saturated heterocycles. The van der Waals surface area contributed by atoms with Crippen LogP contribution in [0.5, 0.6) is 0 Å². The topological polar surface area (TPSA) is 40.5 Å². The molecule has 0 aliphatic rings. The van der Waals surface area contributed by atoms with Crippen LogP contribution in [0.2, 0.25) is 0 Å². The normalized spacial score (nSPS) is 13.6. The van der Waals surface area contributed by atoms with E-state index in [4.69, 9.17) is 45.0 Å². The summed E-state index contributed by atoms with van der Waals surface area (Å²) in [5, 5.41) is 15.1. The fraction of sp³-hybridized carbons (Fsp3) is 1.00. The van der Waals surface area contributed by atoms with Crippen molar-refractivity contribution in [3.05, 3.63) is 0 Å². The van der Waals surface area contributed by atoms with Gasteiger partial charge in [0.05, 0.1) is 0 Å². The first kappa shape index (κ1) is 11.8. The summed E-state index contributed by atoms with van der Waals surface area (Å²) >= 11 is 16.2. The highest BCUT2D eigenvalue weighted by Crippen LogP contribution is 2.39. The summed E-state index contributed by atoms with van der Waals surface area (Å²) in [6, 6.07) is 0. The SMILES string of the molecule is CCCCC(Cl)(Cl)C(O)(O)Cl. The van der Waals surface area contributed by atoms with Crippen LogP contribution in [0.1, 0.15) is 26.2 Å². The van der Waals surface area contributed by atoms with Gasteiger partial charge in [-0.25, -0.2) is 0 Å². The van der Waals surface area contributed by atoms with E-state index < -0.39 is 9.58 Å². The predicted octanol–water partition coefficient (Wildman–Crippen LogP) is 2.23. The molecule has 0 unspecified atom stereocenters. The Kier molecular flexibility index (Phi) is 4.45. The third-order valence-corrected chi connectivity index (χ3v) is 2.73. The Morgan fingerprint density at radius 1 is 1.18 bits per heavy atom. The Morgan fingerprint density at radius 2 is 1.64 bits per heavy atom. The van der Waals surface area contributed by atoms with E-state index in [-0.39, 0.29) is 6.42 Å². The molecule has 5 heteroatoms. The number of unbranched alkanes of at least 4 members (excludes halogenated alkanes) is 1. The second kappa shape index (κ2) is 4.15. The molecule has 2 N–H and O–H groups in total. The second-order valence-electron chi connectivity index (χ2n) is 2.40. The smallest absolute Gasteiger partial charge is 0.277 e. The molecule has 0 spiro atoms. The first-order valence-corrected chi connectivity index (χ1v) is 4.46. The highest BCUT2D eigenvalue weighted by molar-refractivity contribution is 6.52. The van der Waals surface area contributed by atoms with Gasteiger partial charge in [0.25, 0.3) is 5.25 Å². The van der Waals surface area contributed by atoms with Crippen LogP contribution in [-0.2, 0) is 0 Å². The summed E-state index contributed by atoms with van der Waals surface area (Å²) in [4.78, 5) is 0. The van der Waals surface area contributed by atoms with Gasteiger partial charge in [0.1, 0.15) is 0 Å². The third kappa shape index (κ3) is 3.81. The van der Waals surface area contributed by atoms with Crippen molar-refractivity contribution in [1.29, 1.82) is 0 Å². The van der Waals surface area contributed by atoms with E-state index in [0.717, 1.165) is 6.42 Å². The summed E-state index contributed by atoms with van der Waals surface area (Å²) in [6.07, 6.45) is 1.82. The summed E-state index contributed by atoms with van der Waals surface area (Å²) in [5.41, 5.74) is 0. The molecule has 0 aromatic carbocycles. The molecule has 0 saturated carbocycles. The lowest BCUT2D eigenvalue weighted by Crippen LogP contribution is -2.40. The van der Waals surface area contributed by atoms with E-state index >= 15 is 0 Å². The molecular weight excluding hydrogens is 210 g/mol. The van der Waals surface area contributed by atoms with Crippen molar-refractivity contribution < 1.29 is 10.2 Å². The Hall–Kier alpha value is 0.790.